The van der Waals surface area contributed by atoms with Crippen LogP contribution in [0.25, 0.3) is 0 Å². The van der Waals surface area contributed by atoms with Gasteiger partial charge in [-0.15, -0.1) is 0 Å². The summed E-state index contributed by atoms with van der Waals surface area (Å²) in [6, 6.07) is 5.76. The van der Waals surface area contributed by atoms with Crippen molar-refractivity contribution in [3.05, 3.63) is 29.3 Å². The van der Waals surface area contributed by atoms with Gasteiger partial charge in [0.2, 0.25) is 0 Å². The van der Waals surface area contributed by atoms with E-state index in [9.17, 15) is 4.79 Å². The van der Waals surface area contributed by atoms with Gasteiger partial charge in [-0.3, -0.25) is 4.79 Å². The zero-order valence-corrected chi connectivity index (χ0v) is 7.99. The van der Waals surface area contributed by atoms with E-state index in [1.54, 1.807) is 7.11 Å². The zero-order valence-electron chi connectivity index (χ0n) is 7.99. The molecule has 1 N–H and O–H groups in total. The summed E-state index contributed by atoms with van der Waals surface area (Å²) in [7, 11) is 1.61. The summed E-state index contributed by atoms with van der Waals surface area (Å²) in [6.45, 7) is 0. The van der Waals surface area contributed by atoms with Gasteiger partial charge in [-0.05, 0) is 30.0 Å². The average molecular weight is 192 g/mol. The second-order valence-corrected chi connectivity index (χ2v) is 3.54. The highest BCUT2D eigenvalue weighted by Crippen LogP contribution is 2.33. The normalized spacial score (nSPS) is 19.1. The third-order valence-electron chi connectivity index (χ3n) is 2.72. The van der Waals surface area contributed by atoms with Crippen molar-refractivity contribution >= 4 is 5.97 Å². The van der Waals surface area contributed by atoms with Crippen molar-refractivity contribution < 1.29 is 14.6 Å². The molecule has 3 nitrogen and oxygen atoms in total. The summed E-state index contributed by atoms with van der Waals surface area (Å²) in [5, 5.41) is 8.91. The number of methoxy groups -OCH3 is 1. The molecule has 0 spiro atoms. The molecule has 0 aromatic heterocycles. The molecule has 14 heavy (non-hydrogen) atoms. The van der Waals surface area contributed by atoms with Crippen LogP contribution in [0.3, 0.4) is 0 Å². The summed E-state index contributed by atoms with van der Waals surface area (Å²) >= 11 is 0. The van der Waals surface area contributed by atoms with Crippen molar-refractivity contribution in [2.75, 3.05) is 7.11 Å². The fourth-order valence-corrected chi connectivity index (χ4v) is 1.98. The molecule has 1 aliphatic carbocycles. The molecule has 0 radical (unpaired) electrons. The van der Waals surface area contributed by atoms with E-state index in [0.29, 0.717) is 12.8 Å². The van der Waals surface area contributed by atoms with Gasteiger partial charge in [-0.2, -0.15) is 0 Å². The summed E-state index contributed by atoms with van der Waals surface area (Å²) in [5.41, 5.74) is 2.17. The minimum Gasteiger partial charge on any atom is -0.496 e. The van der Waals surface area contributed by atoms with Crippen molar-refractivity contribution in [2.45, 2.75) is 12.8 Å². The quantitative estimate of drug-likeness (QED) is 0.772. The van der Waals surface area contributed by atoms with Crippen LogP contribution in [0.15, 0.2) is 18.2 Å². The van der Waals surface area contributed by atoms with Crippen molar-refractivity contribution in [3.8, 4) is 5.75 Å². The largest absolute Gasteiger partial charge is 0.496 e. The van der Waals surface area contributed by atoms with Gasteiger partial charge in [-0.25, -0.2) is 0 Å². The Morgan fingerprint density at radius 2 is 2.29 bits per heavy atom. The first-order valence-electron chi connectivity index (χ1n) is 4.60. The Labute approximate surface area is 82.3 Å². The molecule has 0 aliphatic heterocycles. The lowest BCUT2D eigenvalue weighted by Gasteiger charge is -2.05. The summed E-state index contributed by atoms with van der Waals surface area (Å²) < 4.78 is 5.19. The Kier molecular flexibility index (Phi) is 2.15. The number of ether oxygens (including phenoxy) is 1. The smallest absolute Gasteiger partial charge is 0.307 e. The van der Waals surface area contributed by atoms with Crippen LogP contribution in [-0.2, 0) is 17.6 Å². The Morgan fingerprint density at radius 1 is 1.50 bits per heavy atom. The molecule has 0 saturated carbocycles. The van der Waals surface area contributed by atoms with E-state index >= 15 is 0 Å². The molecule has 1 atom stereocenters. The van der Waals surface area contributed by atoms with Crippen molar-refractivity contribution in [1.29, 1.82) is 0 Å². The van der Waals surface area contributed by atoms with Crippen LogP contribution in [0.1, 0.15) is 11.1 Å². The van der Waals surface area contributed by atoms with E-state index in [1.165, 1.54) is 0 Å². The Hall–Kier alpha value is -1.51. The Bertz CT molecular complexity index is 371. The van der Waals surface area contributed by atoms with Crippen molar-refractivity contribution in [2.24, 2.45) is 5.92 Å². The molecular weight excluding hydrogens is 180 g/mol. The van der Waals surface area contributed by atoms with Crippen LogP contribution in [0.2, 0.25) is 0 Å². The maximum absolute atomic E-state index is 10.8. The lowest BCUT2D eigenvalue weighted by Crippen LogP contribution is -2.12. The standard InChI is InChI=1S/C11H12O3/c1-14-10-4-2-3-7-5-8(11(12)13)6-9(7)10/h2-4,8H,5-6H2,1H3,(H,12,13)/t8-/m1/s1. The molecule has 0 amide bonds. The summed E-state index contributed by atoms with van der Waals surface area (Å²) in [4.78, 5) is 10.8. The number of carboxylic acids is 1. The number of aliphatic carboxylic acids is 1. The average Bonchev–Trinajstić information content (AvgIpc) is 2.60. The van der Waals surface area contributed by atoms with Gasteiger partial charge in [0.15, 0.2) is 0 Å². The van der Waals surface area contributed by atoms with Gasteiger partial charge in [0, 0.05) is 0 Å². The van der Waals surface area contributed by atoms with E-state index in [4.69, 9.17) is 9.84 Å². The first kappa shape index (κ1) is 9.06. The van der Waals surface area contributed by atoms with Gasteiger partial charge < -0.3 is 9.84 Å². The molecule has 2 rings (SSSR count). The molecule has 1 aromatic carbocycles. The molecule has 0 saturated heterocycles. The molecule has 0 fully saturated rings. The summed E-state index contributed by atoms with van der Waals surface area (Å²) in [6.07, 6.45) is 1.22. The number of hydrogen-bond donors (Lipinski definition) is 1. The lowest BCUT2D eigenvalue weighted by molar-refractivity contribution is -0.141. The molecule has 3 heteroatoms. The Balaban J connectivity index is 2.34. The fourth-order valence-electron chi connectivity index (χ4n) is 1.98. The summed E-state index contributed by atoms with van der Waals surface area (Å²) in [5.74, 6) is -0.184. The van der Waals surface area contributed by atoms with Crippen LogP contribution < -0.4 is 4.74 Å². The molecule has 0 unspecified atom stereocenters. The topological polar surface area (TPSA) is 46.5 Å². The molecule has 0 bridgehead atoms. The number of fused-ring (bicyclic) bond motifs is 1. The maximum Gasteiger partial charge on any atom is 0.307 e. The number of hydrogen-bond acceptors (Lipinski definition) is 2. The third-order valence-corrected chi connectivity index (χ3v) is 2.72. The Morgan fingerprint density at radius 3 is 2.93 bits per heavy atom. The molecular formula is C11H12O3. The third kappa shape index (κ3) is 1.35. The van der Waals surface area contributed by atoms with E-state index in [2.05, 4.69) is 0 Å². The molecule has 0 heterocycles. The first-order valence-corrected chi connectivity index (χ1v) is 4.60. The molecule has 74 valence electrons. The number of benzene rings is 1. The van der Waals surface area contributed by atoms with Crippen molar-refractivity contribution in [1.82, 2.24) is 0 Å². The van der Waals surface area contributed by atoms with Crippen LogP contribution in [0, 0.1) is 5.92 Å². The van der Waals surface area contributed by atoms with E-state index in [1.807, 2.05) is 18.2 Å². The maximum atomic E-state index is 10.8. The zero-order chi connectivity index (χ0) is 10.1. The number of rotatable bonds is 2. The SMILES string of the molecule is COc1cccc2c1C[C@H](C(=O)O)C2. The molecule has 1 aromatic rings. The number of carbonyl (C=O) groups is 1. The monoisotopic (exact) mass is 192 g/mol. The van der Waals surface area contributed by atoms with Gasteiger partial charge in [0.25, 0.3) is 0 Å². The minimum absolute atomic E-state index is 0.277. The lowest BCUT2D eigenvalue weighted by atomic mass is 10.1. The van der Waals surface area contributed by atoms with E-state index in [-0.39, 0.29) is 5.92 Å². The van der Waals surface area contributed by atoms with Gasteiger partial charge in [0.05, 0.1) is 13.0 Å². The van der Waals surface area contributed by atoms with Crippen LogP contribution >= 0.6 is 0 Å². The van der Waals surface area contributed by atoms with Crippen molar-refractivity contribution in [3.63, 3.8) is 0 Å². The fraction of sp³-hybridized carbons (Fsp3) is 0.364. The van der Waals surface area contributed by atoms with E-state index < -0.39 is 5.97 Å². The minimum atomic E-state index is -0.719. The highest BCUT2D eigenvalue weighted by molar-refractivity contribution is 5.72. The molecule has 1 aliphatic rings. The first-order chi connectivity index (χ1) is 6.72. The predicted octanol–water partition coefficient (Wildman–Crippen LogP) is 1.49. The van der Waals surface area contributed by atoms with Crippen LogP contribution in [-0.4, -0.2) is 18.2 Å². The highest BCUT2D eigenvalue weighted by atomic mass is 16.5. The van der Waals surface area contributed by atoms with Gasteiger partial charge >= 0.3 is 5.97 Å². The van der Waals surface area contributed by atoms with Gasteiger partial charge in [-0.1, -0.05) is 12.1 Å². The van der Waals surface area contributed by atoms with Crippen LogP contribution in [0.5, 0.6) is 5.75 Å². The van der Waals surface area contributed by atoms with Gasteiger partial charge in [0.1, 0.15) is 5.75 Å². The van der Waals surface area contributed by atoms with Crippen LogP contribution in [0.4, 0.5) is 0 Å². The number of carboxylic acid groups (broad SMARTS) is 1. The second-order valence-electron chi connectivity index (χ2n) is 3.54. The second kappa shape index (κ2) is 3.33. The highest BCUT2D eigenvalue weighted by Gasteiger charge is 2.28. The van der Waals surface area contributed by atoms with E-state index in [0.717, 1.165) is 16.9 Å². The predicted molar refractivity (Wildman–Crippen MR) is 51.5 cm³/mol.